The van der Waals surface area contributed by atoms with E-state index in [9.17, 15) is 19.5 Å². The molecule has 1 rings (SSSR count). The van der Waals surface area contributed by atoms with Crippen molar-refractivity contribution in [3.05, 3.63) is 18.2 Å². The molecule has 0 fully saturated rings. The second-order valence-electron chi connectivity index (χ2n) is 6.18. The Hall–Kier alpha value is -2.46. The molecule has 0 aliphatic heterocycles. The minimum absolute atomic E-state index is 0.212. The minimum atomic E-state index is -1.47. The molecule has 0 aromatic carbocycles. The number of aliphatic hydroxyl groups is 1. The van der Waals surface area contributed by atoms with Gasteiger partial charge in [0.25, 0.3) is 0 Å². The highest BCUT2D eigenvalue weighted by atomic mass is 16.4. The number of H-pyrrole nitrogens is 1. The van der Waals surface area contributed by atoms with E-state index in [1.165, 1.54) is 13.3 Å². The Bertz CT molecular complexity index is 587. The van der Waals surface area contributed by atoms with Gasteiger partial charge in [-0.05, 0) is 12.8 Å². The maximum Gasteiger partial charge on any atom is 0.328 e. The highest BCUT2D eigenvalue weighted by molar-refractivity contribution is 5.92. The van der Waals surface area contributed by atoms with E-state index in [-0.39, 0.29) is 12.3 Å². The van der Waals surface area contributed by atoms with Gasteiger partial charge in [-0.25, -0.2) is 9.78 Å². The van der Waals surface area contributed by atoms with E-state index < -0.39 is 42.0 Å². The first-order chi connectivity index (χ1) is 11.6. The lowest BCUT2D eigenvalue weighted by Gasteiger charge is -2.26. The van der Waals surface area contributed by atoms with Crippen LogP contribution in [0, 0.1) is 5.92 Å². The molecule has 0 aliphatic carbocycles. The molecule has 10 heteroatoms. The van der Waals surface area contributed by atoms with Crippen molar-refractivity contribution >= 4 is 17.8 Å². The lowest BCUT2D eigenvalue weighted by atomic mass is 10.0. The summed E-state index contributed by atoms with van der Waals surface area (Å²) in [6.45, 7) is 4.65. The fraction of sp³-hybridized carbons (Fsp3) is 0.600. The Balaban J connectivity index is 2.73. The molecule has 140 valence electrons. The van der Waals surface area contributed by atoms with Crippen molar-refractivity contribution in [3.8, 4) is 0 Å². The lowest BCUT2D eigenvalue weighted by molar-refractivity contribution is -0.145. The molecule has 2 amide bonds. The van der Waals surface area contributed by atoms with Crippen LogP contribution in [0.25, 0.3) is 0 Å². The van der Waals surface area contributed by atoms with E-state index in [0.717, 1.165) is 0 Å². The molecular weight excluding hydrogens is 330 g/mol. The fourth-order valence-electron chi connectivity index (χ4n) is 2.15. The zero-order valence-corrected chi connectivity index (χ0v) is 14.4. The monoisotopic (exact) mass is 355 g/mol. The number of hydrogen-bond donors (Lipinski definition) is 6. The summed E-state index contributed by atoms with van der Waals surface area (Å²) in [7, 11) is 0. The molecule has 10 nitrogen and oxygen atoms in total. The smallest absolute Gasteiger partial charge is 0.328 e. The average Bonchev–Trinajstić information content (AvgIpc) is 3.01. The van der Waals surface area contributed by atoms with Gasteiger partial charge in [-0.2, -0.15) is 0 Å². The number of hydrogen-bond acceptors (Lipinski definition) is 6. The number of nitrogens with two attached hydrogens (primary N) is 1. The molecule has 0 saturated heterocycles. The molecule has 0 unspecified atom stereocenters. The number of nitrogens with zero attached hydrogens (tertiary/aromatic N) is 1. The number of nitrogens with one attached hydrogen (secondary N) is 3. The van der Waals surface area contributed by atoms with E-state index in [4.69, 9.17) is 10.8 Å². The second kappa shape index (κ2) is 9.14. The third kappa shape index (κ3) is 6.16. The van der Waals surface area contributed by atoms with Crippen LogP contribution in [0.2, 0.25) is 0 Å². The summed E-state index contributed by atoms with van der Waals surface area (Å²) in [5.41, 5.74) is 6.50. The Morgan fingerprint density at radius 1 is 1.20 bits per heavy atom. The van der Waals surface area contributed by atoms with Gasteiger partial charge in [0.05, 0.1) is 18.5 Å². The van der Waals surface area contributed by atoms with Crippen LogP contribution in [0.3, 0.4) is 0 Å². The summed E-state index contributed by atoms with van der Waals surface area (Å²) in [5.74, 6) is -2.93. The largest absolute Gasteiger partial charge is 0.480 e. The Morgan fingerprint density at radius 2 is 1.80 bits per heavy atom. The van der Waals surface area contributed by atoms with Crippen molar-refractivity contribution in [2.45, 2.75) is 51.4 Å². The molecule has 4 atom stereocenters. The quantitative estimate of drug-likeness (QED) is 0.309. The lowest BCUT2D eigenvalue weighted by Crippen LogP contribution is -2.58. The van der Waals surface area contributed by atoms with Gasteiger partial charge in [0.1, 0.15) is 6.04 Å². The molecule has 0 spiro atoms. The van der Waals surface area contributed by atoms with Crippen LogP contribution in [-0.2, 0) is 20.8 Å². The predicted molar refractivity (Wildman–Crippen MR) is 88.3 cm³/mol. The molecule has 0 radical (unpaired) electrons. The topological polar surface area (TPSA) is 170 Å². The van der Waals surface area contributed by atoms with Gasteiger partial charge in [-0.1, -0.05) is 13.8 Å². The van der Waals surface area contributed by atoms with E-state index in [0.29, 0.717) is 5.69 Å². The van der Waals surface area contributed by atoms with E-state index in [1.807, 2.05) is 0 Å². The molecule has 1 aromatic heterocycles. The summed E-state index contributed by atoms with van der Waals surface area (Å²) < 4.78 is 0. The number of aromatic amines is 1. The summed E-state index contributed by atoms with van der Waals surface area (Å²) >= 11 is 0. The van der Waals surface area contributed by atoms with E-state index >= 15 is 0 Å². The zero-order chi connectivity index (χ0) is 19.1. The van der Waals surface area contributed by atoms with Gasteiger partial charge in [-0.3, -0.25) is 9.59 Å². The van der Waals surface area contributed by atoms with Gasteiger partial charge in [0.15, 0.2) is 6.04 Å². The summed E-state index contributed by atoms with van der Waals surface area (Å²) in [6.07, 6.45) is 1.93. The number of carboxylic acids is 1. The van der Waals surface area contributed by atoms with E-state index in [2.05, 4.69) is 20.6 Å². The molecule has 0 aliphatic rings. The summed E-state index contributed by atoms with van der Waals surface area (Å²) in [6, 6.07) is -3.35. The number of carboxylic acid groups (broad SMARTS) is 1. The van der Waals surface area contributed by atoms with Crippen LogP contribution in [0.15, 0.2) is 12.5 Å². The molecular formula is C15H25N5O5. The fourth-order valence-corrected chi connectivity index (χ4v) is 2.15. The summed E-state index contributed by atoms with van der Waals surface area (Å²) in [5, 5.41) is 23.2. The molecule has 1 heterocycles. The van der Waals surface area contributed by atoms with Gasteiger partial charge >= 0.3 is 5.97 Å². The third-order valence-electron chi connectivity index (χ3n) is 3.62. The van der Waals surface area contributed by atoms with Crippen molar-refractivity contribution < 1.29 is 24.6 Å². The Labute approximate surface area is 145 Å². The van der Waals surface area contributed by atoms with Gasteiger partial charge in [0, 0.05) is 18.3 Å². The maximum absolute atomic E-state index is 12.3. The predicted octanol–water partition coefficient (Wildman–Crippen LogP) is -1.63. The average molecular weight is 355 g/mol. The van der Waals surface area contributed by atoms with Crippen LogP contribution < -0.4 is 16.4 Å². The van der Waals surface area contributed by atoms with Gasteiger partial charge in [0.2, 0.25) is 11.8 Å². The number of aliphatic carboxylic acids is 1. The molecule has 1 aromatic rings. The number of imidazole rings is 1. The highest BCUT2D eigenvalue weighted by Crippen LogP contribution is 2.05. The molecule has 7 N–H and O–H groups in total. The van der Waals surface area contributed by atoms with Crippen LogP contribution in [-0.4, -0.2) is 62.2 Å². The van der Waals surface area contributed by atoms with Crippen LogP contribution in [0.4, 0.5) is 0 Å². The number of carbonyl (C=O) groups is 3. The molecule has 25 heavy (non-hydrogen) atoms. The number of aliphatic hydroxyl groups excluding tert-OH is 1. The minimum Gasteiger partial charge on any atom is -0.480 e. The number of carbonyl (C=O) groups excluding carboxylic acids is 2. The number of rotatable bonds is 9. The highest BCUT2D eigenvalue weighted by Gasteiger charge is 2.31. The SMILES string of the molecule is CC(C)[C@H](NC(=O)[C@@H](N)Cc1cnc[nH]1)C(=O)N[C@H](C(=O)O)[C@@H](C)O. The van der Waals surface area contributed by atoms with Crippen molar-refractivity contribution in [1.82, 2.24) is 20.6 Å². The molecule has 0 saturated carbocycles. The first-order valence-electron chi connectivity index (χ1n) is 7.88. The first kappa shape index (κ1) is 20.6. The normalized spacial score (nSPS) is 15.9. The van der Waals surface area contributed by atoms with Crippen LogP contribution >= 0.6 is 0 Å². The van der Waals surface area contributed by atoms with Gasteiger partial charge < -0.3 is 31.6 Å². The van der Waals surface area contributed by atoms with Crippen molar-refractivity contribution in [2.75, 3.05) is 0 Å². The Morgan fingerprint density at radius 3 is 2.24 bits per heavy atom. The van der Waals surface area contributed by atoms with E-state index in [1.54, 1.807) is 20.0 Å². The van der Waals surface area contributed by atoms with Crippen LogP contribution in [0.1, 0.15) is 26.5 Å². The molecule has 0 bridgehead atoms. The zero-order valence-electron chi connectivity index (χ0n) is 14.4. The number of aromatic nitrogens is 2. The first-order valence-corrected chi connectivity index (χ1v) is 7.88. The third-order valence-corrected chi connectivity index (χ3v) is 3.62. The van der Waals surface area contributed by atoms with Crippen molar-refractivity contribution in [3.63, 3.8) is 0 Å². The van der Waals surface area contributed by atoms with Crippen molar-refractivity contribution in [1.29, 1.82) is 0 Å². The van der Waals surface area contributed by atoms with Crippen LogP contribution in [0.5, 0.6) is 0 Å². The second-order valence-corrected chi connectivity index (χ2v) is 6.18. The summed E-state index contributed by atoms with van der Waals surface area (Å²) in [4.78, 5) is 42.3. The standard InChI is InChI=1S/C15H25N5O5/c1-7(2)11(14(23)20-12(8(3)21)15(24)25)19-13(22)10(16)4-9-5-17-6-18-9/h5-8,10-12,21H,4,16H2,1-3H3,(H,17,18)(H,19,22)(H,20,23)(H,24,25)/t8-,10+,11+,12+/m1/s1. The maximum atomic E-state index is 12.3. The number of amides is 2. The van der Waals surface area contributed by atoms with Crippen molar-refractivity contribution in [2.24, 2.45) is 11.7 Å². The van der Waals surface area contributed by atoms with Gasteiger partial charge in [-0.15, -0.1) is 0 Å². The Kier molecular flexibility index (Phi) is 7.52.